The number of ether oxygens (including phenoxy) is 2. The Morgan fingerprint density at radius 1 is 1.29 bits per heavy atom. The molecule has 1 aliphatic rings. The molecular formula is C25H33FN4O4. The molecule has 1 fully saturated rings. The molecule has 3 aromatic rings. The minimum Gasteiger partial charge on any atom is -0.507 e. The maximum atomic E-state index is 14.6. The van der Waals surface area contributed by atoms with Gasteiger partial charge in [0, 0.05) is 35.0 Å². The van der Waals surface area contributed by atoms with Crippen LogP contribution in [0.3, 0.4) is 0 Å². The molecule has 0 unspecified atom stereocenters. The lowest BCUT2D eigenvalue weighted by Crippen LogP contribution is -2.41. The van der Waals surface area contributed by atoms with Gasteiger partial charge in [-0.1, -0.05) is 12.1 Å². The van der Waals surface area contributed by atoms with E-state index in [2.05, 4.69) is 15.2 Å². The van der Waals surface area contributed by atoms with Gasteiger partial charge in [0.1, 0.15) is 24.0 Å². The van der Waals surface area contributed by atoms with Crippen LogP contribution in [0.4, 0.5) is 15.0 Å². The number of alkyl carbamates (subject to hydrolysis) is 1. The van der Waals surface area contributed by atoms with Crippen LogP contribution in [-0.2, 0) is 9.47 Å². The highest BCUT2D eigenvalue weighted by Gasteiger charge is 2.25. The number of rotatable bonds is 7. The van der Waals surface area contributed by atoms with Gasteiger partial charge in [-0.2, -0.15) is 0 Å². The van der Waals surface area contributed by atoms with Crippen molar-refractivity contribution in [3.8, 4) is 17.1 Å². The average Bonchev–Trinajstić information content (AvgIpc) is 2.82. The van der Waals surface area contributed by atoms with E-state index in [4.69, 9.17) is 14.5 Å². The molecule has 0 spiro atoms. The van der Waals surface area contributed by atoms with Gasteiger partial charge in [-0.25, -0.2) is 19.2 Å². The van der Waals surface area contributed by atoms with E-state index in [-0.39, 0.29) is 32.5 Å². The summed E-state index contributed by atoms with van der Waals surface area (Å²) in [5, 5.41) is 14.0. The van der Waals surface area contributed by atoms with Crippen LogP contribution in [0.25, 0.3) is 22.3 Å². The first-order valence-corrected chi connectivity index (χ1v) is 11.4. The van der Waals surface area contributed by atoms with Crippen LogP contribution in [0.1, 0.15) is 21.3 Å². The molecule has 0 radical (unpaired) electrons. The number of nitrogens with zero attached hydrogens (tertiary/aromatic N) is 3. The largest absolute Gasteiger partial charge is 0.507 e. The summed E-state index contributed by atoms with van der Waals surface area (Å²) in [7, 11) is 1.55. The Labute approximate surface area is 200 Å². The van der Waals surface area contributed by atoms with E-state index >= 15 is 0 Å². The highest BCUT2D eigenvalue weighted by atomic mass is 19.1. The number of amides is 1. The molecule has 184 valence electrons. The number of aromatic hydroxyl groups is 1. The lowest BCUT2D eigenvalue weighted by atomic mass is 9.97. The van der Waals surface area contributed by atoms with E-state index in [0.717, 1.165) is 30.3 Å². The van der Waals surface area contributed by atoms with Crippen LogP contribution in [0.2, 0.25) is 0 Å². The number of nitrogens with one attached hydrogen (secondary N) is 1. The molecule has 1 saturated heterocycles. The van der Waals surface area contributed by atoms with Crippen molar-refractivity contribution in [3.05, 3.63) is 47.8 Å². The quantitative estimate of drug-likeness (QED) is 0.488. The SMILES string of the molecule is COCCOC(=O)NC[C@@H]1CCCN(c2nc(-c3c(O)cccc3F)nc3cc(C)ccc23)C1.[HH].[HH]. The minimum absolute atomic E-state index is 0. The fraction of sp³-hybridized carbons (Fsp3) is 0.400. The second-order valence-electron chi connectivity index (χ2n) is 8.49. The number of aromatic nitrogens is 2. The number of fused-ring (bicyclic) bond motifs is 1. The van der Waals surface area contributed by atoms with Gasteiger partial charge in [0.15, 0.2) is 5.82 Å². The fourth-order valence-corrected chi connectivity index (χ4v) is 4.23. The van der Waals surface area contributed by atoms with Gasteiger partial charge in [0.2, 0.25) is 0 Å². The van der Waals surface area contributed by atoms with Gasteiger partial charge in [-0.3, -0.25) is 0 Å². The van der Waals surface area contributed by atoms with Crippen molar-refractivity contribution in [2.24, 2.45) is 5.92 Å². The van der Waals surface area contributed by atoms with E-state index in [1.54, 1.807) is 7.11 Å². The Morgan fingerprint density at radius 2 is 2.15 bits per heavy atom. The lowest BCUT2D eigenvalue weighted by Gasteiger charge is -2.34. The highest BCUT2D eigenvalue weighted by molar-refractivity contribution is 5.92. The zero-order chi connectivity index (χ0) is 24.1. The van der Waals surface area contributed by atoms with Crippen LogP contribution >= 0.6 is 0 Å². The number of aryl methyl sites for hydroxylation is 1. The molecule has 2 heterocycles. The van der Waals surface area contributed by atoms with Gasteiger partial charge in [0.05, 0.1) is 17.7 Å². The molecule has 0 bridgehead atoms. The molecular weight excluding hydrogens is 439 g/mol. The molecule has 0 aliphatic carbocycles. The number of carbonyl (C=O) groups is 1. The van der Waals surface area contributed by atoms with Gasteiger partial charge in [-0.05, 0) is 55.5 Å². The third kappa shape index (κ3) is 5.36. The number of anilines is 1. The van der Waals surface area contributed by atoms with Gasteiger partial charge < -0.3 is 24.8 Å². The third-order valence-corrected chi connectivity index (χ3v) is 5.92. The maximum Gasteiger partial charge on any atom is 0.407 e. The number of benzene rings is 2. The highest BCUT2D eigenvalue weighted by Crippen LogP contribution is 2.35. The summed E-state index contributed by atoms with van der Waals surface area (Å²) in [5.41, 5.74) is 1.69. The number of hydrogen-bond acceptors (Lipinski definition) is 7. The second kappa shape index (κ2) is 10.6. The molecule has 0 saturated carbocycles. The molecule has 4 rings (SSSR count). The van der Waals surface area contributed by atoms with Crippen molar-refractivity contribution < 1.29 is 26.6 Å². The standard InChI is InChI=1S/C25H29FN4O4.2H2/c1-16-8-9-18-20(13-16)28-23(22-19(26)6-3-7-21(22)31)29-24(18)30-10-4-5-17(15-30)14-27-25(32)34-12-11-33-2;;/h3,6-9,13,17,31H,4-5,10-12,14-15H2,1-2H3,(H,27,32);2*1H/t17-;;/m0../s1. The molecule has 34 heavy (non-hydrogen) atoms. The van der Waals surface area contributed by atoms with Crippen molar-refractivity contribution in [1.29, 1.82) is 0 Å². The number of piperidine rings is 1. The van der Waals surface area contributed by atoms with Gasteiger partial charge >= 0.3 is 6.09 Å². The number of phenols is 1. The van der Waals surface area contributed by atoms with Crippen molar-refractivity contribution in [3.63, 3.8) is 0 Å². The van der Waals surface area contributed by atoms with Crippen molar-refractivity contribution in [1.82, 2.24) is 15.3 Å². The summed E-state index contributed by atoms with van der Waals surface area (Å²) in [6, 6.07) is 10.1. The number of phenolic OH excluding ortho intramolecular Hbond substituents is 1. The topological polar surface area (TPSA) is 96.8 Å². The first-order chi connectivity index (χ1) is 16.5. The van der Waals surface area contributed by atoms with E-state index in [0.29, 0.717) is 31.0 Å². The van der Waals surface area contributed by atoms with Gasteiger partial charge in [-0.15, -0.1) is 0 Å². The van der Waals surface area contributed by atoms with Gasteiger partial charge in [0.25, 0.3) is 0 Å². The molecule has 9 heteroatoms. The average molecular weight is 473 g/mol. The maximum absolute atomic E-state index is 14.6. The molecule has 1 aromatic heterocycles. The Morgan fingerprint density at radius 3 is 2.94 bits per heavy atom. The van der Waals surface area contributed by atoms with Crippen molar-refractivity contribution >= 4 is 22.8 Å². The fourth-order valence-electron chi connectivity index (χ4n) is 4.23. The summed E-state index contributed by atoms with van der Waals surface area (Å²) >= 11 is 0. The van der Waals surface area contributed by atoms with Crippen LogP contribution in [-0.4, -0.2) is 61.1 Å². The smallest absolute Gasteiger partial charge is 0.407 e. The Hall–Kier alpha value is -3.46. The van der Waals surface area contributed by atoms with Crippen LogP contribution in [0.5, 0.6) is 5.75 Å². The van der Waals surface area contributed by atoms with Crippen LogP contribution in [0, 0.1) is 18.7 Å². The number of hydrogen-bond donors (Lipinski definition) is 2. The predicted molar refractivity (Wildman–Crippen MR) is 132 cm³/mol. The predicted octanol–water partition coefficient (Wildman–Crippen LogP) is 4.53. The summed E-state index contributed by atoms with van der Waals surface area (Å²) in [6.45, 7) is 4.45. The zero-order valence-corrected chi connectivity index (χ0v) is 19.4. The van der Waals surface area contributed by atoms with Crippen molar-refractivity contribution in [2.75, 3.05) is 44.9 Å². The van der Waals surface area contributed by atoms with E-state index in [1.165, 1.54) is 18.2 Å². The molecule has 2 aromatic carbocycles. The summed E-state index contributed by atoms with van der Waals surface area (Å²) in [4.78, 5) is 23.3. The molecule has 2 N–H and O–H groups in total. The normalized spacial score (nSPS) is 16.0. The lowest BCUT2D eigenvalue weighted by molar-refractivity contribution is 0.0976. The van der Waals surface area contributed by atoms with E-state index < -0.39 is 11.9 Å². The first-order valence-electron chi connectivity index (χ1n) is 11.4. The summed E-state index contributed by atoms with van der Waals surface area (Å²) in [6.07, 6.45) is 1.41. The second-order valence-corrected chi connectivity index (χ2v) is 8.49. The summed E-state index contributed by atoms with van der Waals surface area (Å²) in [5.74, 6) is 0.251. The Kier molecular flexibility index (Phi) is 7.42. The monoisotopic (exact) mass is 472 g/mol. The number of halogens is 1. The van der Waals surface area contributed by atoms with E-state index in [1.807, 2.05) is 25.1 Å². The van der Waals surface area contributed by atoms with E-state index in [9.17, 15) is 14.3 Å². The Bertz CT molecular complexity index is 1160. The number of methoxy groups -OCH3 is 1. The van der Waals surface area contributed by atoms with Crippen LogP contribution < -0.4 is 10.2 Å². The molecule has 8 nitrogen and oxygen atoms in total. The molecule has 1 amide bonds. The molecule has 1 aliphatic heterocycles. The van der Waals surface area contributed by atoms with Crippen LogP contribution in [0.15, 0.2) is 36.4 Å². The van der Waals surface area contributed by atoms with Crippen molar-refractivity contribution in [2.45, 2.75) is 19.8 Å². The Balaban J connectivity index is 0.00000228. The zero-order valence-electron chi connectivity index (χ0n) is 19.4. The molecule has 1 atom stereocenters. The third-order valence-electron chi connectivity index (χ3n) is 5.92. The minimum atomic E-state index is -0.578. The summed E-state index contributed by atoms with van der Waals surface area (Å²) < 4.78 is 24.6. The first kappa shape index (κ1) is 23.7. The number of carbonyl (C=O) groups excluding carboxylic acids is 1.